The molecule has 2 aliphatic rings. The fourth-order valence-electron chi connectivity index (χ4n) is 4.68. The van der Waals surface area contributed by atoms with Crippen molar-refractivity contribution in [1.29, 1.82) is 0 Å². The third-order valence-electron chi connectivity index (χ3n) is 6.87. The summed E-state index contributed by atoms with van der Waals surface area (Å²) >= 11 is 0. The van der Waals surface area contributed by atoms with Gasteiger partial charge in [-0.2, -0.15) is 0 Å². The predicted molar refractivity (Wildman–Crippen MR) is 127 cm³/mol. The maximum atomic E-state index is 13.1. The molecule has 176 valence electrons. The van der Waals surface area contributed by atoms with Gasteiger partial charge in [-0.25, -0.2) is 19.8 Å². The molecule has 2 heterocycles. The Hall–Kier alpha value is -3.36. The SMILES string of the molecule is O=C(NO)c1cnc(N2CCC(CNC3CC3c3ccc(-c4ccc(F)cc4)cc3)CC2)nc1. The van der Waals surface area contributed by atoms with Crippen LogP contribution in [0, 0.1) is 11.7 Å². The number of piperidine rings is 1. The molecule has 3 N–H and O–H groups in total. The summed E-state index contributed by atoms with van der Waals surface area (Å²) in [5.74, 6) is 0.976. The monoisotopic (exact) mass is 461 g/mol. The largest absolute Gasteiger partial charge is 0.341 e. The highest BCUT2D eigenvalue weighted by Gasteiger charge is 2.38. The molecule has 1 saturated heterocycles. The van der Waals surface area contributed by atoms with Crippen LogP contribution in [0.3, 0.4) is 0 Å². The minimum atomic E-state index is -0.612. The van der Waals surface area contributed by atoms with Crippen LogP contribution < -0.4 is 15.7 Å². The smallest absolute Gasteiger partial charge is 0.277 e. The zero-order valence-electron chi connectivity index (χ0n) is 18.8. The summed E-state index contributed by atoms with van der Waals surface area (Å²) in [7, 11) is 0. The number of benzene rings is 2. The Balaban J connectivity index is 1.06. The Morgan fingerprint density at radius 1 is 1.00 bits per heavy atom. The topological polar surface area (TPSA) is 90.4 Å². The van der Waals surface area contributed by atoms with Gasteiger partial charge in [-0.15, -0.1) is 0 Å². The summed E-state index contributed by atoms with van der Waals surface area (Å²) in [6.07, 6.45) is 6.16. The fourth-order valence-corrected chi connectivity index (χ4v) is 4.68. The number of hydrogen-bond donors (Lipinski definition) is 3. The van der Waals surface area contributed by atoms with Gasteiger partial charge < -0.3 is 10.2 Å². The van der Waals surface area contributed by atoms with Crippen molar-refractivity contribution in [2.75, 3.05) is 24.5 Å². The number of carbonyl (C=O) groups excluding carboxylic acids is 1. The number of anilines is 1. The zero-order valence-corrected chi connectivity index (χ0v) is 18.8. The standard InChI is InChI=1S/C26H28FN5O2/c27-22-7-5-19(6-8-22)18-1-3-20(4-2-18)23-13-24(23)28-14-17-9-11-32(12-10-17)26-29-15-21(16-30-26)25(33)31-34/h1-8,15-17,23-24,28,34H,9-14H2,(H,31,33). The molecule has 1 amide bonds. The molecule has 2 fully saturated rings. The van der Waals surface area contributed by atoms with E-state index < -0.39 is 5.91 Å². The lowest BCUT2D eigenvalue weighted by Gasteiger charge is -2.32. The first-order valence-corrected chi connectivity index (χ1v) is 11.7. The first-order valence-electron chi connectivity index (χ1n) is 11.7. The molecule has 0 bridgehead atoms. The van der Waals surface area contributed by atoms with Crippen LogP contribution in [0.4, 0.5) is 10.3 Å². The molecule has 1 aliphatic heterocycles. The van der Waals surface area contributed by atoms with E-state index in [0.717, 1.165) is 50.0 Å². The van der Waals surface area contributed by atoms with E-state index in [0.29, 0.717) is 23.8 Å². The molecule has 2 aromatic carbocycles. The van der Waals surface area contributed by atoms with Crippen LogP contribution in [-0.4, -0.2) is 46.8 Å². The van der Waals surface area contributed by atoms with E-state index in [-0.39, 0.29) is 11.4 Å². The molecular formula is C26H28FN5O2. The Morgan fingerprint density at radius 2 is 1.62 bits per heavy atom. The number of aromatic nitrogens is 2. The molecule has 8 heteroatoms. The van der Waals surface area contributed by atoms with Gasteiger partial charge >= 0.3 is 0 Å². The summed E-state index contributed by atoms with van der Waals surface area (Å²) in [6, 6.07) is 15.8. The molecule has 0 radical (unpaired) electrons. The van der Waals surface area contributed by atoms with E-state index in [1.54, 1.807) is 5.48 Å². The molecule has 1 saturated carbocycles. The van der Waals surface area contributed by atoms with Gasteiger partial charge in [-0.05, 0) is 60.5 Å². The Labute approximate surface area is 198 Å². The van der Waals surface area contributed by atoms with Gasteiger partial charge in [0.15, 0.2) is 0 Å². The number of amides is 1. The summed E-state index contributed by atoms with van der Waals surface area (Å²) in [5.41, 5.74) is 5.31. The number of hydroxylamine groups is 1. The normalized spacial score (nSPS) is 20.2. The van der Waals surface area contributed by atoms with Crippen molar-refractivity contribution in [3.8, 4) is 11.1 Å². The molecule has 34 heavy (non-hydrogen) atoms. The van der Waals surface area contributed by atoms with Gasteiger partial charge in [0.2, 0.25) is 5.95 Å². The molecular weight excluding hydrogens is 433 g/mol. The van der Waals surface area contributed by atoms with Crippen molar-refractivity contribution in [1.82, 2.24) is 20.8 Å². The summed E-state index contributed by atoms with van der Waals surface area (Å²) < 4.78 is 13.1. The zero-order chi connectivity index (χ0) is 23.5. The second kappa shape index (κ2) is 9.87. The molecule has 0 spiro atoms. The van der Waals surface area contributed by atoms with Crippen LogP contribution in [0.5, 0.6) is 0 Å². The van der Waals surface area contributed by atoms with E-state index in [1.807, 2.05) is 12.1 Å². The fraction of sp³-hybridized carbons (Fsp3) is 0.346. The van der Waals surface area contributed by atoms with Gasteiger partial charge in [0.05, 0.1) is 5.56 Å². The lowest BCUT2D eigenvalue weighted by molar-refractivity contribution is 0.0705. The van der Waals surface area contributed by atoms with Crippen LogP contribution >= 0.6 is 0 Å². The summed E-state index contributed by atoms with van der Waals surface area (Å²) in [5, 5.41) is 12.4. The highest BCUT2D eigenvalue weighted by Crippen LogP contribution is 2.41. The number of halogens is 1. The lowest BCUT2D eigenvalue weighted by Crippen LogP contribution is -2.38. The number of nitrogens with one attached hydrogen (secondary N) is 2. The van der Waals surface area contributed by atoms with Crippen molar-refractivity contribution >= 4 is 11.9 Å². The van der Waals surface area contributed by atoms with Crippen molar-refractivity contribution in [2.45, 2.75) is 31.2 Å². The average Bonchev–Trinajstić information content (AvgIpc) is 3.68. The molecule has 2 unspecified atom stereocenters. The van der Waals surface area contributed by atoms with Crippen LogP contribution in [0.25, 0.3) is 11.1 Å². The van der Waals surface area contributed by atoms with Crippen molar-refractivity contribution in [3.63, 3.8) is 0 Å². The highest BCUT2D eigenvalue weighted by molar-refractivity contribution is 5.92. The maximum Gasteiger partial charge on any atom is 0.277 e. The number of rotatable bonds is 7. The van der Waals surface area contributed by atoms with Gasteiger partial charge in [0.1, 0.15) is 5.82 Å². The highest BCUT2D eigenvalue weighted by atomic mass is 19.1. The van der Waals surface area contributed by atoms with E-state index >= 15 is 0 Å². The number of carbonyl (C=O) groups is 1. The third kappa shape index (κ3) is 5.08. The molecule has 1 aromatic heterocycles. The quantitative estimate of drug-likeness (QED) is 0.367. The second-order valence-corrected chi connectivity index (χ2v) is 9.13. The minimum Gasteiger partial charge on any atom is -0.341 e. The van der Waals surface area contributed by atoms with Crippen LogP contribution in [0.15, 0.2) is 60.9 Å². The molecule has 7 nitrogen and oxygen atoms in total. The van der Waals surface area contributed by atoms with E-state index in [9.17, 15) is 9.18 Å². The Morgan fingerprint density at radius 3 is 2.24 bits per heavy atom. The first kappa shape index (κ1) is 22.4. The van der Waals surface area contributed by atoms with Crippen molar-refractivity contribution in [2.24, 2.45) is 5.92 Å². The summed E-state index contributed by atoms with van der Waals surface area (Å²) in [6.45, 7) is 2.78. The van der Waals surface area contributed by atoms with Crippen molar-refractivity contribution in [3.05, 3.63) is 77.9 Å². The summed E-state index contributed by atoms with van der Waals surface area (Å²) in [4.78, 5) is 22.1. The third-order valence-corrected chi connectivity index (χ3v) is 6.87. The lowest BCUT2D eigenvalue weighted by atomic mass is 9.97. The van der Waals surface area contributed by atoms with Gasteiger partial charge in [0.25, 0.3) is 5.91 Å². The number of nitrogens with zero attached hydrogens (tertiary/aromatic N) is 3. The molecule has 1 aliphatic carbocycles. The van der Waals surface area contributed by atoms with E-state index in [4.69, 9.17) is 5.21 Å². The maximum absolute atomic E-state index is 13.1. The minimum absolute atomic E-state index is 0.213. The van der Waals surface area contributed by atoms with Gasteiger partial charge in [-0.3, -0.25) is 10.0 Å². The van der Waals surface area contributed by atoms with E-state index in [2.05, 4.69) is 44.5 Å². The Bertz CT molecular complexity index is 1110. The second-order valence-electron chi connectivity index (χ2n) is 9.13. The van der Waals surface area contributed by atoms with Gasteiger partial charge in [-0.1, -0.05) is 36.4 Å². The van der Waals surface area contributed by atoms with Crippen LogP contribution in [0.2, 0.25) is 0 Å². The first-order chi connectivity index (χ1) is 16.6. The predicted octanol–water partition coefficient (Wildman–Crippen LogP) is 3.76. The van der Waals surface area contributed by atoms with Crippen LogP contribution in [-0.2, 0) is 0 Å². The van der Waals surface area contributed by atoms with E-state index in [1.165, 1.54) is 30.1 Å². The van der Waals surface area contributed by atoms with Crippen molar-refractivity contribution < 1.29 is 14.4 Å². The Kier molecular flexibility index (Phi) is 6.51. The molecule has 5 rings (SSSR count). The van der Waals surface area contributed by atoms with Gasteiger partial charge in [0, 0.05) is 37.4 Å². The average molecular weight is 462 g/mol. The molecule has 3 aromatic rings. The van der Waals surface area contributed by atoms with Crippen LogP contribution in [0.1, 0.15) is 41.1 Å². The molecule has 2 atom stereocenters. The number of hydrogen-bond acceptors (Lipinski definition) is 6.